The SMILES string of the molecule is CCOc1ccccc1C(N)CC(C)C.Cl. The minimum Gasteiger partial charge on any atom is -0.494 e. The lowest BCUT2D eigenvalue weighted by atomic mass is 9.97. The van der Waals surface area contributed by atoms with Crippen molar-refractivity contribution in [2.75, 3.05) is 6.61 Å². The second-order valence-electron chi connectivity index (χ2n) is 4.21. The highest BCUT2D eigenvalue weighted by Gasteiger charge is 2.12. The molecule has 1 aromatic rings. The van der Waals surface area contributed by atoms with Crippen LogP contribution in [-0.2, 0) is 0 Å². The molecule has 2 nitrogen and oxygen atoms in total. The molecular formula is C13H22ClNO. The van der Waals surface area contributed by atoms with Crippen LogP contribution in [0, 0.1) is 5.92 Å². The Morgan fingerprint density at radius 3 is 2.44 bits per heavy atom. The number of benzene rings is 1. The van der Waals surface area contributed by atoms with Gasteiger partial charge in [-0.25, -0.2) is 0 Å². The van der Waals surface area contributed by atoms with E-state index in [1.54, 1.807) is 0 Å². The van der Waals surface area contributed by atoms with Crippen molar-refractivity contribution in [1.82, 2.24) is 0 Å². The zero-order valence-electron chi connectivity index (χ0n) is 10.3. The highest BCUT2D eigenvalue weighted by molar-refractivity contribution is 5.85. The zero-order chi connectivity index (χ0) is 11.3. The van der Waals surface area contributed by atoms with Gasteiger partial charge in [-0.05, 0) is 25.3 Å². The van der Waals surface area contributed by atoms with Gasteiger partial charge in [0.25, 0.3) is 0 Å². The molecular weight excluding hydrogens is 222 g/mol. The molecule has 1 aromatic carbocycles. The van der Waals surface area contributed by atoms with Gasteiger partial charge in [-0.3, -0.25) is 0 Å². The lowest BCUT2D eigenvalue weighted by molar-refractivity contribution is 0.332. The molecule has 1 unspecified atom stereocenters. The fourth-order valence-electron chi connectivity index (χ4n) is 1.71. The Morgan fingerprint density at radius 1 is 1.25 bits per heavy atom. The van der Waals surface area contributed by atoms with Gasteiger partial charge in [0.15, 0.2) is 0 Å². The number of rotatable bonds is 5. The number of hydrogen-bond acceptors (Lipinski definition) is 2. The summed E-state index contributed by atoms with van der Waals surface area (Å²) in [5.74, 6) is 1.53. The second kappa shape index (κ2) is 7.53. The minimum absolute atomic E-state index is 0. The van der Waals surface area contributed by atoms with Gasteiger partial charge in [0, 0.05) is 11.6 Å². The van der Waals surface area contributed by atoms with E-state index in [0.29, 0.717) is 12.5 Å². The van der Waals surface area contributed by atoms with Crippen LogP contribution in [0.15, 0.2) is 24.3 Å². The molecule has 0 spiro atoms. The highest BCUT2D eigenvalue weighted by atomic mass is 35.5. The maximum Gasteiger partial charge on any atom is 0.124 e. The number of hydrogen-bond donors (Lipinski definition) is 1. The van der Waals surface area contributed by atoms with E-state index in [-0.39, 0.29) is 18.4 Å². The molecule has 0 fully saturated rings. The Balaban J connectivity index is 0.00000225. The summed E-state index contributed by atoms with van der Waals surface area (Å²) in [5.41, 5.74) is 7.27. The normalized spacial score (nSPS) is 12.1. The maximum atomic E-state index is 6.15. The molecule has 0 aromatic heterocycles. The molecule has 1 rings (SSSR count). The summed E-state index contributed by atoms with van der Waals surface area (Å²) in [6.07, 6.45) is 0.990. The average Bonchev–Trinajstić information content (AvgIpc) is 2.18. The smallest absolute Gasteiger partial charge is 0.124 e. The summed E-state index contributed by atoms with van der Waals surface area (Å²) in [5, 5.41) is 0. The monoisotopic (exact) mass is 243 g/mol. The molecule has 92 valence electrons. The van der Waals surface area contributed by atoms with Crippen molar-refractivity contribution in [3.8, 4) is 5.75 Å². The summed E-state index contributed by atoms with van der Waals surface area (Å²) < 4.78 is 5.56. The first-order chi connectivity index (χ1) is 7.15. The van der Waals surface area contributed by atoms with Gasteiger partial charge in [0.05, 0.1) is 6.61 Å². The molecule has 0 saturated heterocycles. The molecule has 0 aliphatic carbocycles. The third-order valence-electron chi connectivity index (χ3n) is 2.34. The minimum atomic E-state index is 0. The van der Waals surface area contributed by atoms with Gasteiger partial charge >= 0.3 is 0 Å². The van der Waals surface area contributed by atoms with Gasteiger partial charge in [-0.2, -0.15) is 0 Å². The van der Waals surface area contributed by atoms with Crippen LogP contribution in [0.5, 0.6) is 5.75 Å². The Morgan fingerprint density at radius 2 is 1.88 bits per heavy atom. The van der Waals surface area contributed by atoms with Gasteiger partial charge < -0.3 is 10.5 Å². The van der Waals surface area contributed by atoms with Crippen LogP contribution in [0.1, 0.15) is 38.8 Å². The van der Waals surface area contributed by atoms with Crippen molar-refractivity contribution in [3.05, 3.63) is 29.8 Å². The van der Waals surface area contributed by atoms with E-state index in [9.17, 15) is 0 Å². The van der Waals surface area contributed by atoms with E-state index in [0.717, 1.165) is 17.7 Å². The molecule has 0 bridgehead atoms. The number of nitrogens with two attached hydrogens (primary N) is 1. The lowest BCUT2D eigenvalue weighted by Gasteiger charge is -2.17. The third kappa shape index (κ3) is 4.42. The first-order valence-electron chi connectivity index (χ1n) is 5.62. The number of ether oxygens (including phenoxy) is 1. The summed E-state index contributed by atoms with van der Waals surface area (Å²) >= 11 is 0. The predicted octanol–water partition coefficient (Wildman–Crippen LogP) is 3.55. The fourth-order valence-corrected chi connectivity index (χ4v) is 1.71. The second-order valence-corrected chi connectivity index (χ2v) is 4.21. The van der Waals surface area contributed by atoms with Crippen LogP contribution in [-0.4, -0.2) is 6.61 Å². The van der Waals surface area contributed by atoms with Crippen LogP contribution in [0.2, 0.25) is 0 Å². The molecule has 0 radical (unpaired) electrons. The average molecular weight is 244 g/mol. The number of para-hydroxylation sites is 1. The highest BCUT2D eigenvalue weighted by Crippen LogP contribution is 2.27. The van der Waals surface area contributed by atoms with Crippen molar-refractivity contribution in [2.24, 2.45) is 11.7 Å². The standard InChI is InChI=1S/C13H21NO.ClH/c1-4-15-13-8-6-5-7-11(13)12(14)9-10(2)3;/h5-8,10,12H,4,9,14H2,1-3H3;1H. The molecule has 3 heteroatoms. The predicted molar refractivity (Wildman–Crippen MR) is 71.2 cm³/mol. The maximum absolute atomic E-state index is 6.15. The van der Waals surface area contributed by atoms with E-state index in [1.807, 2.05) is 25.1 Å². The molecule has 0 aliphatic rings. The van der Waals surface area contributed by atoms with Gasteiger partial charge in [-0.1, -0.05) is 32.0 Å². The van der Waals surface area contributed by atoms with Crippen LogP contribution in [0.4, 0.5) is 0 Å². The van der Waals surface area contributed by atoms with E-state index in [1.165, 1.54) is 0 Å². The van der Waals surface area contributed by atoms with Crippen LogP contribution in [0.25, 0.3) is 0 Å². The zero-order valence-corrected chi connectivity index (χ0v) is 11.1. The molecule has 2 N–H and O–H groups in total. The summed E-state index contributed by atoms with van der Waals surface area (Å²) in [6.45, 7) is 7.04. The van der Waals surface area contributed by atoms with E-state index in [4.69, 9.17) is 10.5 Å². The molecule has 0 amide bonds. The van der Waals surface area contributed by atoms with Gasteiger partial charge in [0.2, 0.25) is 0 Å². The summed E-state index contributed by atoms with van der Waals surface area (Å²) in [7, 11) is 0. The first kappa shape index (κ1) is 15.3. The largest absolute Gasteiger partial charge is 0.494 e. The third-order valence-corrected chi connectivity index (χ3v) is 2.34. The Hall–Kier alpha value is -0.730. The lowest BCUT2D eigenvalue weighted by Crippen LogP contribution is -2.14. The Labute approximate surface area is 105 Å². The summed E-state index contributed by atoms with van der Waals surface area (Å²) in [6, 6.07) is 8.11. The quantitative estimate of drug-likeness (QED) is 0.859. The van der Waals surface area contributed by atoms with Crippen molar-refractivity contribution in [3.63, 3.8) is 0 Å². The molecule has 0 saturated carbocycles. The Kier molecular flexibility index (Phi) is 7.18. The van der Waals surface area contributed by atoms with Crippen molar-refractivity contribution < 1.29 is 4.74 Å². The van der Waals surface area contributed by atoms with Crippen molar-refractivity contribution in [1.29, 1.82) is 0 Å². The van der Waals surface area contributed by atoms with E-state index >= 15 is 0 Å². The summed E-state index contributed by atoms with van der Waals surface area (Å²) in [4.78, 5) is 0. The Bertz CT molecular complexity index is 302. The van der Waals surface area contributed by atoms with Crippen LogP contribution < -0.4 is 10.5 Å². The molecule has 0 aliphatic heterocycles. The van der Waals surface area contributed by atoms with Gasteiger partial charge in [-0.15, -0.1) is 12.4 Å². The van der Waals surface area contributed by atoms with Gasteiger partial charge in [0.1, 0.15) is 5.75 Å². The topological polar surface area (TPSA) is 35.2 Å². The van der Waals surface area contributed by atoms with Crippen molar-refractivity contribution in [2.45, 2.75) is 33.2 Å². The van der Waals surface area contributed by atoms with Crippen LogP contribution in [0.3, 0.4) is 0 Å². The first-order valence-corrected chi connectivity index (χ1v) is 5.62. The fraction of sp³-hybridized carbons (Fsp3) is 0.538. The van der Waals surface area contributed by atoms with Crippen LogP contribution >= 0.6 is 12.4 Å². The van der Waals surface area contributed by atoms with Crippen molar-refractivity contribution >= 4 is 12.4 Å². The molecule has 0 heterocycles. The molecule has 1 atom stereocenters. The van der Waals surface area contributed by atoms with E-state index < -0.39 is 0 Å². The molecule has 16 heavy (non-hydrogen) atoms. The number of halogens is 1. The van der Waals surface area contributed by atoms with E-state index in [2.05, 4.69) is 19.9 Å².